The van der Waals surface area contributed by atoms with Crippen molar-refractivity contribution in [1.82, 2.24) is 10.3 Å². The zero-order chi connectivity index (χ0) is 20.0. The second-order valence-corrected chi connectivity index (χ2v) is 8.48. The number of alkyl halides is 2. The molecule has 0 aliphatic carbocycles. The highest BCUT2D eigenvalue weighted by Gasteiger charge is 2.19. The molecule has 8 heteroatoms. The number of anilines is 1. The van der Waals surface area contributed by atoms with Gasteiger partial charge in [0.05, 0.1) is 6.04 Å². The van der Waals surface area contributed by atoms with Crippen LogP contribution in [0, 0.1) is 0 Å². The van der Waals surface area contributed by atoms with Crippen LogP contribution in [0.5, 0.6) is 5.75 Å². The zero-order valence-electron chi connectivity index (χ0n) is 15.3. The molecule has 2 rings (SSSR count). The van der Waals surface area contributed by atoms with Gasteiger partial charge >= 0.3 is 0 Å². The molecule has 144 valence electrons. The third-order valence-corrected chi connectivity index (χ3v) is 3.86. The van der Waals surface area contributed by atoms with Crippen LogP contribution in [0.1, 0.15) is 42.7 Å². The molecule has 2 amide bonds. The minimum Gasteiger partial charge on any atom is -0.489 e. The van der Waals surface area contributed by atoms with Crippen LogP contribution in [0.25, 0.3) is 0 Å². The van der Waals surface area contributed by atoms with Crippen LogP contribution >= 0.6 is 22.6 Å². The van der Waals surface area contributed by atoms with E-state index in [1.54, 1.807) is 40.8 Å². The van der Waals surface area contributed by atoms with Gasteiger partial charge in [0, 0.05) is 18.7 Å². The molecule has 27 heavy (non-hydrogen) atoms. The molecule has 2 aromatic rings. The zero-order valence-corrected chi connectivity index (χ0v) is 17.4. The van der Waals surface area contributed by atoms with Crippen molar-refractivity contribution in [1.29, 1.82) is 0 Å². The Morgan fingerprint density at radius 3 is 2.56 bits per heavy atom. The minimum atomic E-state index is -1.43. The molecule has 1 heterocycles. The van der Waals surface area contributed by atoms with E-state index in [0.717, 1.165) is 5.56 Å². The maximum absolute atomic E-state index is 13.5. The molecule has 0 radical (unpaired) electrons. The maximum atomic E-state index is 13.5. The predicted molar refractivity (Wildman–Crippen MR) is 110 cm³/mol. The first-order chi connectivity index (χ1) is 12.6. The van der Waals surface area contributed by atoms with Gasteiger partial charge in [-0.3, -0.25) is 9.59 Å². The molecule has 0 saturated carbocycles. The van der Waals surface area contributed by atoms with Crippen LogP contribution in [0.15, 0.2) is 42.6 Å². The molecular weight excluding hydrogens is 464 g/mol. The fourth-order valence-electron chi connectivity index (χ4n) is 2.25. The van der Waals surface area contributed by atoms with Crippen LogP contribution in [0.4, 0.5) is 10.2 Å². The number of benzene rings is 1. The van der Waals surface area contributed by atoms with Gasteiger partial charge in [0.25, 0.3) is 5.91 Å². The topological polar surface area (TPSA) is 80.3 Å². The highest BCUT2D eigenvalue weighted by atomic mass is 127. The highest BCUT2D eigenvalue weighted by Crippen LogP contribution is 2.23. The number of carbonyl (C=O) groups is 2. The molecule has 1 aromatic heterocycles. The molecule has 2 N–H and O–H groups in total. The molecule has 0 aliphatic rings. The molecular formula is C19H21FIN3O3. The lowest BCUT2D eigenvalue weighted by Crippen LogP contribution is -2.26. The number of aromatic nitrogens is 1. The average Bonchev–Trinajstić information content (AvgIpc) is 2.59. The van der Waals surface area contributed by atoms with Crippen LogP contribution in [0.3, 0.4) is 0 Å². The number of amides is 2. The number of rotatable bonds is 7. The number of ether oxygens (including phenoxy) is 1. The molecule has 1 unspecified atom stereocenters. The van der Waals surface area contributed by atoms with E-state index in [-0.39, 0.29) is 24.5 Å². The smallest absolute Gasteiger partial charge is 0.251 e. The summed E-state index contributed by atoms with van der Waals surface area (Å²) >= 11 is 1.68. The van der Waals surface area contributed by atoms with Crippen molar-refractivity contribution in [2.24, 2.45) is 0 Å². The molecule has 0 spiro atoms. The lowest BCUT2D eigenvalue weighted by atomic mass is 10.1. The summed E-state index contributed by atoms with van der Waals surface area (Å²) in [6.07, 6.45) is 1.46. The first kappa shape index (κ1) is 21.1. The summed E-state index contributed by atoms with van der Waals surface area (Å²) in [7, 11) is 0. The largest absolute Gasteiger partial charge is 0.489 e. The number of hydrogen-bond donors (Lipinski definition) is 2. The second-order valence-electron chi connectivity index (χ2n) is 6.23. The summed E-state index contributed by atoms with van der Waals surface area (Å²) in [6, 6.07) is 9.95. The summed E-state index contributed by atoms with van der Waals surface area (Å²) < 4.78 is 17.4. The summed E-state index contributed by atoms with van der Waals surface area (Å²) in [5.41, 5.74) is 1.27. The molecule has 0 saturated heterocycles. The molecule has 0 aliphatic heterocycles. The van der Waals surface area contributed by atoms with Crippen LogP contribution in [0.2, 0.25) is 0 Å². The van der Waals surface area contributed by atoms with E-state index in [1.165, 1.54) is 26.1 Å². The number of halogens is 2. The average molecular weight is 485 g/mol. The predicted octanol–water partition coefficient (Wildman–Crippen LogP) is 4.03. The SMILES string of the molecule is CC(=O)Nc1cc(C(=O)NC(C)c2ccc(OC[C@](C)(F)I)cc2)ccn1. The summed E-state index contributed by atoms with van der Waals surface area (Å²) in [4.78, 5) is 27.5. The van der Waals surface area contributed by atoms with Crippen molar-refractivity contribution in [3.63, 3.8) is 0 Å². The lowest BCUT2D eigenvalue weighted by molar-refractivity contribution is -0.114. The normalized spacial score (nSPS) is 14.0. The number of nitrogens with zero attached hydrogens (tertiary/aromatic N) is 1. The third-order valence-electron chi connectivity index (χ3n) is 3.55. The maximum Gasteiger partial charge on any atom is 0.251 e. The van der Waals surface area contributed by atoms with E-state index < -0.39 is 3.68 Å². The van der Waals surface area contributed by atoms with Crippen molar-refractivity contribution in [2.75, 3.05) is 11.9 Å². The second kappa shape index (κ2) is 9.12. The van der Waals surface area contributed by atoms with Crippen LogP contribution in [-0.4, -0.2) is 27.1 Å². The Morgan fingerprint density at radius 1 is 1.30 bits per heavy atom. The molecule has 0 fully saturated rings. The Labute approximate surface area is 171 Å². The Balaban J connectivity index is 1.99. The molecule has 2 atom stereocenters. The summed E-state index contributed by atoms with van der Waals surface area (Å²) in [6.45, 7) is 4.62. The minimum absolute atomic E-state index is 0.0438. The van der Waals surface area contributed by atoms with E-state index in [0.29, 0.717) is 17.1 Å². The van der Waals surface area contributed by atoms with Gasteiger partial charge < -0.3 is 15.4 Å². The molecule has 6 nitrogen and oxygen atoms in total. The van der Waals surface area contributed by atoms with Crippen LogP contribution < -0.4 is 15.4 Å². The Hall–Kier alpha value is -2.23. The number of carbonyl (C=O) groups excluding carboxylic acids is 2. The quantitative estimate of drug-likeness (QED) is 0.459. The lowest BCUT2D eigenvalue weighted by Gasteiger charge is -2.16. The number of hydrogen-bond acceptors (Lipinski definition) is 4. The summed E-state index contributed by atoms with van der Waals surface area (Å²) in [5, 5.41) is 5.43. The first-order valence-corrected chi connectivity index (χ1v) is 9.37. The van der Waals surface area contributed by atoms with Gasteiger partial charge in [-0.15, -0.1) is 0 Å². The van der Waals surface area contributed by atoms with Gasteiger partial charge in [-0.25, -0.2) is 9.37 Å². The van der Waals surface area contributed by atoms with E-state index in [1.807, 2.05) is 19.1 Å². The van der Waals surface area contributed by atoms with Crippen molar-refractivity contribution in [3.8, 4) is 5.75 Å². The van der Waals surface area contributed by atoms with Gasteiger partial charge in [-0.1, -0.05) is 12.1 Å². The highest BCUT2D eigenvalue weighted by molar-refractivity contribution is 14.1. The number of nitrogens with one attached hydrogen (secondary N) is 2. The van der Waals surface area contributed by atoms with Gasteiger partial charge in [0.1, 0.15) is 18.2 Å². The van der Waals surface area contributed by atoms with Gasteiger partial charge in [0.15, 0.2) is 3.68 Å². The Kier molecular flexibility index (Phi) is 7.11. The monoisotopic (exact) mass is 485 g/mol. The summed E-state index contributed by atoms with van der Waals surface area (Å²) in [5.74, 6) is 0.340. The van der Waals surface area contributed by atoms with E-state index >= 15 is 0 Å². The standard InChI is InChI=1S/C19H21FIN3O3/c1-12(14-4-6-16(7-5-14)27-11-19(3,20)21)23-18(26)15-8-9-22-17(10-15)24-13(2)25/h4-10,12H,11H2,1-3H3,(H,23,26)(H,22,24,25)/t12?,19-/m1/s1. The fraction of sp³-hybridized carbons (Fsp3) is 0.316. The van der Waals surface area contributed by atoms with Crippen molar-refractivity contribution in [2.45, 2.75) is 30.5 Å². The first-order valence-electron chi connectivity index (χ1n) is 8.29. The van der Waals surface area contributed by atoms with Crippen LogP contribution in [-0.2, 0) is 4.79 Å². The van der Waals surface area contributed by atoms with E-state index in [4.69, 9.17) is 4.74 Å². The van der Waals surface area contributed by atoms with Crippen molar-refractivity contribution >= 4 is 40.2 Å². The van der Waals surface area contributed by atoms with Gasteiger partial charge in [-0.2, -0.15) is 0 Å². The Morgan fingerprint density at radius 2 is 1.96 bits per heavy atom. The van der Waals surface area contributed by atoms with Crippen molar-refractivity contribution < 1.29 is 18.7 Å². The fourth-order valence-corrected chi connectivity index (χ4v) is 2.40. The number of pyridine rings is 1. The Bertz CT molecular complexity index is 807. The molecule has 1 aromatic carbocycles. The van der Waals surface area contributed by atoms with Gasteiger partial charge in [-0.05, 0) is 66.3 Å². The molecule has 0 bridgehead atoms. The van der Waals surface area contributed by atoms with Crippen molar-refractivity contribution in [3.05, 3.63) is 53.7 Å². The third kappa shape index (κ3) is 7.12. The van der Waals surface area contributed by atoms with E-state index in [9.17, 15) is 14.0 Å². The van der Waals surface area contributed by atoms with Gasteiger partial charge in [0.2, 0.25) is 5.91 Å². The van der Waals surface area contributed by atoms with E-state index in [2.05, 4.69) is 15.6 Å².